The van der Waals surface area contributed by atoms with Gasteiger partial charge in [0.2, 0.25) is 0 Å². The molecular weight excluding hydrogens is 240 g/mol. The molecule has 0 aliphatic carbocycles. The minimum Gasteiger partial charge on any atom is -0.0613 e. The van der Waals surface area contributed by atoms with Crippen molar-refractivity contribution in [2.24, 2.45) is 0 Å². The van der Waals surface area contributed by atoms with E-state index in [4.69, 9.17) is 0 Å². The fraction of sp³-hybridized carbons (Fsp3) is 0.400. The molecule has 0 heterocycles. The number of benzene rings is 2. The van der Waals surface area contributed by atoms with Crippen molar-refractivity contribution in [3.8, 4) is 11.1 Å². The zero-order chi connectivity index (χ0) is 14.9. The zero-order valence-electron chi connectivity index (χ0n) is 13.7. The lowest BCUT2D eigenvalue weighted by Gasteiger charge is -2.21. The molecule has 0 saturated heterocycles. The van der Waals surface area contributed by atoms with Crippen molar-refractivity contribution in [2.45, 2.75) is 54.4 Å². The van der Waals surface area contributed by atoms with E-state index in [1.54, 1.807) is 0 Å². The highest BCUT2D eigenvalue weighted by atomic mass is 14.2. The van der Waals surface area contributed by atoms with Crippen LogP contribution in [0.1, 0.15) is 47.2 Å². The maximum absolute atomic E-state index is 2.27. The molecule has 0 unspecified atom stereocenters. The molecule has 0 amide bonds. The molecule has 2 aromatic rings. The standard InChI is InChI=1S/C20H26/c1-7-17-13(3)9-11-15(5)19(17)20-16(6)12-10-14(4)18(20)8-2/h9-12H,7-8H2,1-6H3. The van der Waals surface area contributed by atoms with Crippen LogP contribution in [0.4, 0.5) is 0 Å². The summed E-state index contributed by atoms with van der Waals surface area (Å²) in [4.78, 5) is 0. The Kier molecular flexibility index (Phi) is 4.32. The van der Waals surface area contributed by atoms with E-state index in [2.05, 4.69) is 65.8 Å². The van der Waals surface area contributed by atoms with Crippen LogP contribution in [-0.2, 0) is 12.8 Å². The summed E-state index contributed by atoms with van der Waals surface area (Å²) in [5, 5.41) is 0. The number of hydrogen-bond acceptors (Lipinski definition) is 0. The Balaban J connectivity index is 2.88. The van der Waals surface area contributed by atoms with Crippen molar-refractivity contribution in [3.63, 3.8) is 0 Å². The molecule has 0 atom stereocenters. The second-order valence-electron chi connectivity index (χ2n) is 5.81. The molecule has 0 radical (unpaired) electrons. The van der Waals surface area contributed by atoms with E-state index in [9.17, 15) is 0 Å². The number of rotatable bonds is 3. The highest BCUT2D eigenvalue weighted by molar-refractivity contribution is 5.78. The molecule has 0 aliphatic heterocycles. The summed E-state index contributed by atoms with van der Waals surface area (Å²) in [7, 11) is 0. The highest BCUT2D eigenvalue weighted by Gasteiger charge is 2.16. The van der Waals surface area contributed by atoms with Crippen molar-refractivity contribution in [1.82, 2.24) is 0 Å². The van der Waals surface area contributed by atoms with Gasteiger partial charge in [-0.15, -0.1) is 0 Å². The highest BCUT2D eigenvalue weighted by Crippen LogP contribution is 2.36. The van der Waals surface area contributed by atoms with E-state index in [0.717, 1.165) is 12.8 Å². The quantitative estimate of drug-likeness (QED) is 0.667. The first-order valence-electron chi connectivity index (χ1n) is 7.69. The number of hydrogen-bond donors (Lipinski definition) is 0. The predicted octanol–water partition coefficient (Wildman–Crippen LogP) is 5.71. The van der Waals surface area contributed by atoms with Crippen LogP contribution < -0.4 is 0 Å². The molecular formula is C20H26. The van der Waals surface area contributed by atoms with Gasteiger partial charge < -0.3 is 0 Å². The molecule has 0 bridgehead atoms. The molecule has 0 fully saturated rings. The van der Waals surface area contributed by atoms with Crippen LogP contribution in [-0.4, -0.2) is 0 Å². The van der Waals surface area contributed by atoms with Gasteiger partial charge in [-0.25, -0.2) is 0 Å². The summed E-state index contributed by atoms with van der Waals surface area (Å²) in [6.07, 6.45) is 2.19. The van der Waals surface area contributed by atoms with Gasteiger partial charge in [0.25, 0.3) is 0 Å². The summed E-state index contributed by atoms with van der Waals surface area (Å²) in [6.45, 7) is 13.5. The van der Waals surface area contributed by atoms with Crippen LogP contribution in [0.15, 0.2) is 24.3 Å². The van der Waals surface area contributed by atoms with Crippen LogP contribution >= 0.6 is 0 Å². The molecule has 0 aliphatic rings. The first-order valence-corrected chi connectivity index (χ1v) is 7.69. The van der Waals surface area contributed by atoms with Gasteiger partial charge in [0.15, 0.2) is 0 Å². The third-order valence-corrected chi connectivity index (χ3v) is 4.47. The molecule has 106 valence electrons. The summed E-state index contributed by atoms with van der Waals surface area (Å²) < 4.78 is 0. The van der Waals surface area contributed by atoms with E-state index in [0.29, 0.717) is 0 Å². The molecule has 0 aromatic heterocycles. The topological polar surface area (TPSA) is 0 Å². The Labute approximate surface area is 123 Å². The molecule has 0 spiro atoms. The van der Waals surface area contributed by atoms with Crippen LogP contribution in [0.2, 0.25) is 0 Å². The summed E-state index contributed by atoms with van der Waals surface area (Å²) in [5.74, 6) is 0. The molecule has 0 nitrogen and oxygen atoms in total. The van der Waals surface area contributed by atoms with Crippen LogP contribution in [0, 0.1) is 27.7 Å². The minimum atomic E-state index is 1.10. The Bertz CT molecular complexity index is 575. The Morgan fingerprint density at radius 3 is 1.15 bits per heavy atom. The second-order valence-corrected chi connectivity index (χ2v) is 5.81. The largest absolute Gasteiger partial charge is 0.0613 e. The van der Waals surface area contributed by atoms with Gasteiger partial charge in [0.05, 0.1) is 0 Å². The van der Waals surface area contributed by atoms with Gasteiger partial charge in [-0.2, -0.15) is 0 Å². The first kappa shape index (κ1) is 14.8. The molecule has 0 heteroatoms. The van der Waals surface area contributed by atoms with Gasteiger partial charge in [-0.1, -0.05) is 38.1 Å². The maximum Gasteiger partial charge on any atom is -0.0115 e. The lowest BCUT2D eigenvalue weighted by Crippen LogP contribution is -2.01. The lowest BCUT2D eigenvalue weighted by atomic mass is 9.84. The average molecular weight is 266 g/mol. The monoisotopic (exact) mass is 266 g/mol. The molecule has 20 heavy (non-hydrogen) atoms. The van der Waals surface area contributed by atoms with Gasteiger partial charge in [0, 0.05) is 0 Å². The predicted molar refractivity (Wildman–Crippen MR) is 89.6 cm³/mol. The van der Waals surface area contributed by atoms with Crippen LogP contribution in [0.3, 0.4) is 0 Å². The third-order valence-electron chi connectivity index (χ3n) is 4.47. The van der Waals surface area contributed by atoms with Crippen molar-refractivity contribution in [3.05, 3.63) is 57.6 Å². The third kappa shape index (κ3) is 2.40. The summed E-state index contributed by atoms with van der Waals surface area (Å²) >= 11 is 0. The van der Waals surface area contributed by atoms with Gasteiger partial charge >= 0.3 is 0 Å². The molecule has 0 N–H and O–H groups in total. The Hall–Kier alpha value is -1.56. The smallest absolute Gasteiger partial charge is 0.0115 e. The first-order chi connectivity index (χ1) is 9.51. The molecule has 2 rings (SSSR count). The lowest BCUT2D eigenvalue weighted by molar-refractivity contribution is 1.07. The van der Waals surface area contributed by atoms with Gasteiger partial charge in [0.1, 0.15) is 0 Å². The SMILES string of the molecule is CCc1c(C)ccc(C)c1-c1c(C)ccc(C)c1CC. The van der Waals surface area contributed by atoms with E-state index in [1.807, 2.05) is 0 Å². The molecule has 2 aromatic carbocycles. The van der Waals surface area contributed by atoms with Crippen molar-refractivity contribution >= 4 is 0 Å². The normalized spacial score (nSPS) is 10.9. The Morgan fingerprint density at radius 1 is 0.550 bits per heavy atom. The number of aryl methyl sites for hydroxylation is 4. The zero-order valence-corrected chi connectivity index (χ0v) is 13.7. The van der Waals surface area contributed by atoms with E-state index >= 15 is 0 Å². The molecule has 0 saturated carbocycles. The van der Waals surface area contributed by atoms with Crippen LogP contribution in [0.25, 0.3) is 11.1 Å². The van der Waals surface area contributed by atoms with Crippen LogP contribution in [0.5, 0.6) is 0 Å². The van der Waals surface area contributed by atoms with E-state index < -0.39 is 0 Å². The second kappa shape index (κ2) is 5.83. The fourth-order valence-electron chi connectivity index (χ4n) is 3.35. The van der Waals surface area contributed by atoms with Gasteiger partial charge in [-0.3, -0.25) is 0 Å². The van der Waals surface area contributed by atoms with Crippen molar-refractivity contribution < 1.29 is 0 Å². The summed E-state index contributed by atoms with van der Waals surface area (Å²) in [6, 6.07) is 9.05. The Morgan fingerprint density at radius 2 is 0.850 bits per heavy atom. The van der Waals surface area contributed by atoms with Crippen molar-refractivity contribution in [2.75, 3.05) is 0 Å². The average Bonchev–Trinajstić information content (AvgIpc) is 2.43. The minimum absolute atomic E-state index is 1.10. The summed E-state index contributed by atoms with van der Waals surface area (Å²) in [5.41, 5.74) is 11.6. The van der Waals surface area contributed by atoms with E-state index in [1.165, 1.54) is 44.5 Å². The maximum atomic E-state index is 2.27. The fourth-order valence-corrected chi connectivity index (χ4v) is 3.35. The van der Waals surface area contributed by atoms with Crippen molar-refractivity contribution in [1.29, 1.82) is 0 Å². The van der Waals surface area contributed by atoms with Gasteiger partial charge in [-0.05, 0) is 85.0 Å². The van der Waals surface area contributed by atoms with E-state index in [-0.39, 0.29) is 0 Å².